The lowest BCUT2D eigenvalue weighted by Crippen LogP contribution is -2.23. The highest BCUT2D eigenvalue weighted by atomic mass is 16.5. The van der Waals surface area contributed by atoms with Crippen LogP contribution in [0.25, 0.3) is 0 Å². The minimum atomic E-state index is 0.566. The summed E-state index contributed by atoms with van der Waals surface area (Å²) in [6, 6.07) is 4.96. The molecule has 0 aromatic heterocycles. The predicted octanol–water partition coefficient (Wildman–Crippen LogP) is 3.24. The second-order valence-corrected chi connectivity index (χ2v) is 4.96. The van der Waals surface area contributed by atoms with Crippen LogP contribution < -0.4 is 10.1 Å². The predicted molar refractivity (Wildman–Crippen MR) is 73.9 cm³/mol. The smallest absolute Gasteiger partial charge is 0.122 e. The molecule has 1 N–H and O–H groups in total. The van der Waals surface area contributed by atoms with E-state index in [1.165, 1.54) is 16.7 Å². The summed E-state index contributed by atoms with van der Waals surface area (Å²) in [5.74, 6) is 1.03. The SMILES string of the molecule is COc1cc(C)c(C)cc1CCCNC(C)C. The van der Waals surface area contributed by atoms with Crippen molar-refractivity contribution in [1.82, 2.24) is 5.32 Å². The summed E-state index contributed by atoms with van der Waals surface area (Å²) in [5.41, 5.74) is 3.96. The van der Waals surface area contributed by atoms with Crippen molar-refractivity contribution in [2.75, 3.05) is 13.7 Å². The van der Waals surface area contributed by atoms with Gasteiger partial charge in [-0.3, -0.25) is 0 Å². The number of aryl methyl sites for hydroxylation is 3. The quantitative estimate of drug-likeness (QED) is 0.764. The van der Waals surface area contributed by atoms with Gasteiger partial charge < -0.3 is 10.1 Å². The van der Waals surface area contributed by atoms with Gasteiger partial charge in [0.25, 0.3) is 0 Å². The summed E-state index contributed by atoms with van der Waals surface area (Å²) in [5, 5.41) is 3.44. The van der Waals surface area contributed by atoms with Gasteiger partial charge in [0.05, 0.1) is 7.11 Å². The molecule has 0 saturated heterocycles. The second-order valence-electron chi connectivity index (χ2n) is 4.96. The number of benzene rings is 1. The van der Waals surface area contributed by atoms with Gasteiger partial charge in [-0.05, 0) is 56.0 Å². The number of methoxy groups -OCH3 is 1. The molecule has 2 nitrogen and oxygen atoms in total. The van der Waals surface area contributed by atoms with E-state index in [1.807, 2.05) is 0 Å². The van der Waals surface area contributed by atoms with E-state index in [0.717, 1.165) is 25.1 Å². The lowest BCUT2D eigenvalue weighted by Gasteiger charge is -2.12. The monoisotopic (exact) mass is 235 g/mol. The number of hydrogen-bond donors (Lipinski definition) is 1. The summed E-state index contributed by atoms with van der Waals surface area (Å²) < 4.78 is 5.44. The van der Waals surface area contributed by atoms with E-state index in [-0.39, 0.29) is 0 Å². The number of ether oxygens (including phenoxy) is 1. The molecular formula is C15H25NO. The summed E-state index contributed by atoms with van der Waals surface area (Å²) in [7, 11) is 1.75. The molecule has 0 heterocycles. The first-order valence-electron chi connectivity index (χ1n) is 6.42. The summed E-state index contributed by atoms with van der Waals surface area (Å²) in [6.45, 7) is 9.70. The van der Waals surface area contributed by atoms with Gasteiger partial charge in [0.15, 0.2) is 0 Å². The first-order valence-corrected chi connectivity index (χ1v) is 6.42. The molecule has 1 aromatic carbocycles. The molecule has 0 aliphatic rings. The standard InChI is InChI=1S/C15H25NO/c1-11(2)16-8-6-7-14-9-12(3)13(4)10-15(14)17-5/h9-11,16H,6-8H2,1-5H3. The average molecular weight is 235 g/mol. The van der Waals surface area contributed by atoms with Gasteiger partial charge in [0.2, 0.25) is 0 Å². The maximum Gasteiger partial charge on any atom is 0.122 e. The van der Waals surface area contributed by atoms with Crippen LogP contribution in [0, 0.1) is 13.8 Å². The van der Waals surface area contributed by atoms with Crippen molar-refractivity contribution in [3.05, 3.63) is 28.8 Å². The van der Waals surface area contributed by atoms with E-state index in [9.17, 15) is 0 Å². The molecule has 0 fully saturated rings. The van der Waals surface area contributed by atoms with Gasteiger partial charge in [-0.15, -0.1) is 0 Å². The van der Waals surface area contributed by atoms with Crippen molar-refractivity contribution in [3.8, 4) is 5.75 Å². The Morgan fingerprint density at radius 2 is 1.82 bits per heavy atom. The molecule has 0 amide bonds. The van der Waals surface area contributed by atoms with Crippen LogP contribution in [0.15, 0.2) is 12.1 Å². The molecule has 0 unspecified atom stereocenters. The zero-order valence-corrected chi connectivity index (χ0v) is 11.8. The Morgan fingerprint density at radius 1 is 1.18 bits per heavy atom. The Kier molecular flexibility index (Phi) is 5.49. The van der Waals surface area contributed by atoms with Crippen molar-refractivity contribution in [2.45, 2.75) is 46.6 Å². The fraction of sp³-hybridized carbons (Fsp3) is 0.600. The lowest BCUT2D eigenvalue weighted by atomic mass is 10.0. The van der Waals surface area contributed by atoms with Crippen molar-refractivity contribution in [1.29, 1.82) is 0 Å². The van der Waals surface area contributed by atoms with Crippen LogP contribution in [0.1, 0.15) is 37.0 Å². The van der Waals surface area contributed by atoms with Crippen molar-refractivity contribution >= 4 is 0 Å². The summed E-state index contributed by atoms with van der Waals surface area (Å²) >= 11 is 0. The molecule has 1 aromatic rings. The number of nitrogens with one attached hydrogen (secondary N) is 1. The zero-order chi connectivity index (χ0) is 12.8. The molecule has 1 rings (SSSR count). The number of rotatable bonds is 6. The Hall–Kier alpha value is -1.02. The Morgan fingerprint density at radius 3 is 2.41 bits per heavy atom. The topological polar surface area (TPSA) is 21.3 Å². The third kappa shape index (κ3) is 4.39. The zero-order valence-electron chi connectivity index (χ0n) is 11.8. The van der Waals surface area contributed by atoms with E-state index < -0.39 is 0 Å². The third-order valence-electron chi connectivity index (χ3n) is 3.07. The number of hydrogen-bond acceptors (Lipinski definition) is 2. The maximum atomic E-state index is 5.44. The van der Waals surface area contributed by atoms with E-state index in [2.05, 4.69) is 45.1 Å². The first kappa shape index (κ1) is 14.0. The van der Waals surface area contributed by atoms with Gasteiger partial charge >= 0.3 is 0 Å². The van der Waals surface area contributed by atoms with Crippen LogP contribution in [0.2, 0.25) is 0 Å². The van der Waals surface area contributed by atoms with Crippen molar-refractivity contribution < 1.29 is 4.74 Å². The van der Waals surface area contributed by atoms with Crippen LogP contribution in [-0.4, -0.2) is 19.7 Å². The normalized spacial score (nSPS) is 10.9. The second kappa shape index (κ2) is 6.65. The van der Waals surface area contributed by atoms with E-state index >= 15 is 0 Å². The highest BCUT2D eigenvalue weighted by Crippen LogP contribution is 2.24. The molecule has 96 valence electrons. The Bertz CT molecular complexity index is 358. The molecular weight excluding hydrogens is 210 g/mol. The summed E-state index contributed by atoms with van der Waals surface area (Å²) in [4.78, 5) is 0. The Balaban J connectivity index is 2.60. The maximum absolute atomic E-state index is 5.44. The molecule has 0 spiro atoms. The summed E-state index contributed by atoms with van der Waals surface area (Å²) in [6.07, 6.45) is 2.22. The van der Waals surface area contributed by atoms with Crippen molar-refractivity contribution in [2.24, 2.45) is 0 Å². The van der Waals surface area contributed by atoms with Gasteiger partial charge in [-0.25, -0.2) is 0 Å². The minimum absolute atomic E-state index is 0.566. The molecule has 0 aliphatic heterocycles. The Labute approximate surface area is 105 Å². The average Bonchev–Trinajstić information content (AvgIpc) is 2.28. The highest BCUT2D eigenvalue weighted by molar-refractivity contribution is 5.41. The largest absolute Gasteiger partial charge is 0.496 e. The molecule has 2 heteroatoms. The van der Waals surface area contributed by atoms with Crippen molar-refractivity contribution in [3.63, 3.8) is 0 Å². The van der Waals surface area contributed by atoms with Gasteiger partial charge in [-0.2, -0.15) is 0 Å². The fourth-order valence-corrected chi connectivity index (χ4v) is 1.90. The molecule has 0 aliphatic carbocycles. The van der Waals surface area contributed by atoms with Gasteiger partial charge in [-0.1, -0.05) is 19.9 Å². The molecule has 0 bridgehead atoms. The molecule has 0 saturated carbocycles. The van der Waals surface area contributed by atoms with Crippen LogP contribution in [0.5, 0.6) is 5.75 Å². The van der Waals surface area contributed by atoms with Gasteiger partial charge in [0, 0.05) is 6.04 Å². The highest BCUT2D eigenvalue weighted by Gasteiger charge is 2.05. The van der Waals surface area contributed by atoms with Crippen LogP contribution >= 0.6 is 0 Å². The lowest BCUT2D eigenvalue weighted by molar-refractivity contribution is 0.408. The van der Waals surface area contributed by atoms with E-state index in [0.29, 0.717) is 6.04 Å². The van der Waals surface area contributed by atoms with Crippen LogP contribution in [0.4, 0.5) is 0 Å². The fourth-order valence-electron chi connectivity index (χ4n) is 1.90. The van der Waals surface area contributed by atoms with Crippen LogP contribution in [-0.2, 0) is 6.42 Å². The molecule has 17 heavy (non-hydrogen) atoms. The first-order chi connectivity index (χ1) is 8.04. The minimum Gasteiger partial charge on any atom is -0.496 e. The van der Waals surface area contributed by atoms with E-state index in [1.54, 1.807) is 7.11 Å². The van der Waals surface area contributed by atoms with Crippen LogP contribution in [0.3, 0.4) is 0 Å². The molecule has 0 atom stereocenters. The van der Waals surface area contributed by atoms with Gasteiger partial charge in [0.1, 0.15) is 5.75 Å². The van der Waals surface area contributed by atoms with E-state index in [4.69, 9.17) is 4.74 Å². The molecule has 0 radical (unpaired) electrons. The third-order valence-corrected chi connectivity index (χ3v) is 3.07.